The van der Waals surface area contributed by atoms with E-state index in [0.29, 0.717) is 0 Å². The summed E-state index contributed by atoms with van der Waals surface area (Å²) in [5.74, 6) is -1.41. The molecule has 0 aliphatic heterocycles. The molecule has 10 heavy (non-hydrogen) atoms. The molecule has 60 valence electrons. The molecule has 0 fully saturated rings. The number of carbonyl (C=O) groups is 2. The van der Waals surface area contributed by atoms with Crippen molar-refractivity contribution in [3.05, 3.63) is 0 Å². The number of carboxylic acid groups (broad SMARTS) is 1. The highest BCUT2D eigenvalue weighted by molar-refractivity contribution is 5.68. The largest absolute Gasteiger partial charge is 0.481 e. The number of hydrogen-bond acceptors (Lipinski definition) is 3. The van der Waals surface area contributed by atoms with Gasteiger partial charge in [-0.2, -0.15) is 0 Å². The van der Waals surface area contributed by atoms with Crippen molar-refractivity contribution in [3.8, 4) is 0 Å². The van der Waals surface area contributed by atoms with Gasteiger partial charge in [0, 0.05) is 6.92 Å². The van der Waals surface area contributed by atoms with Crippen LogP contribution < -0.4 is 0 Å². The van der Waals surface area contributed by atoms with Crippen molar-refractivity contribution in [2.75, 3.05) is 6.61 Å². The van der Waals surface area contributed by atoms with Gasteiger partial charge in [0.1, 0.15) is 6.61 Å². The van der Waals surface area contributed by atoms with Crippen molar-refractivity contribution in [2.45, 2.75) is 20.8 Å². The van der Waals surface area contributed by atoms with Gasteiger partial charge in [-0.05, 0) is 0 Å². The molecular weight excluding hydrogens is 136 g/mol. The quantitative estimate of drug-likeness (QED) is 0.597. The van der Waals surface area contributed by atoms with Crippen LogP contribution >= 0.6 is 0 Å². The number of ether oxygens (including phenoxy) is 1. The van der Waals surface area contributed by atoms with Gasteiger partial charge in [-0.3, -0.25) is 9.59 Å². The van der Waals surface area contributed by atoms with Crippen molar-refractivity contribution < 1.29 is 19.4 Å². The highest BCUT2D eigenvalue weighted by Crippen LogP contribution is 1.81. The number of aliphatic carboxylic acids is 1. The molecule has 0 bridgehead atoms. The first-order valence-corrected chi connectivity index (χ1v) is 2.48. The van der Waals surface area contributed by atoms with Crippen LogP contribution in [0.15, 0.2) is 0 Å². The molecule has 0 amide bonds. The predicted molar refractivity (Wildman–Crippen MR) is 35.6 cm³/mol. The first-order valence-electron chi connectivity index (χ1n) is 2.48. The lowest BCUT2D eigenvalue weighted by Gasteiger charge is -1.95. The Kier molecular flexibility index (Phi) is 7.10. The molecule has 0 saturated carbocycles. The standard InChI is InChI=1S/C5H8O4.CH4/c1-4(6)9-3-2-5(7)8;/h2-3H2,1H3,(H,7,8);1H4. The normalized spacial score (nSPS) is 7.70. The van der Waals surface area contributed by atoms with E-state index in [9.17, 15) is 9.59 Å². The Morgan fingerprint density at radius 3 is 2.30 bits per heavy atom. The average molecular weight is 148 g/mol. The van der Waals surface area contributed by atoms with E-state index in [1.165, 1.54) is 6.92 Å². The lowest BCUT2D eigenvalue weighted by Crippen LogP contribution is -2.05. The molecule has 0 heterocycles. The predicted octanol–water partition coefficient (Wildman–Crippen LogP) is 0.660. The van der Waals surface area contributed by atoms with Gasteiger partial charge in [-0.1, -0.05) is 7.43 Å². The Hall–Kier alpha value is -1.06. The van der Waals surface area contributed by atoms with Gasteiger partial charge in [0.2, 0.25) is 0 Å². The van der Waals surface area contributed by atoms with Crippen LogP contribution in [-0.2, 0) is 14.3 Å². The lowest BCUT2D eigenvalue weighted by molar-refractivity contribution is -0.144. The maximum atomic E-state index is 10.0. The average Bonchev–Trinajstić information content (AvgIpc) is 1.63. The summed E-state index contributed by atoms with van der Waals surface area (Å²) in [7, 11) is 0. The first kappa shape index (κ1) is 11.7. The van der Waals surface area contributed by atoms with E-state index < -0.39 is 11.9 Å². The molecule has 0 aliphatic carbocycles. The number of esters is 1. The van der Waals surface area contributed by atoms with Crippen molar-refractivity contribution >= 4 is 11.9 Å². The minimum Gasteiger partial charge on any atom is -0.481 e. The van der Waals surface area contributed by atoms with E-state index >= 15 is 0 Å². The van der Waals surface area contributed by atoms with Crippen LogP contribution in [0.4, 0.5) is 0 Å². The minimum atomic E-state index is -0.962. The van der Waals surface area contributed by atoms with E-state index in [0.717, 1.165) is 0 Å². The molecule has 0 aliphatic rings. The molecule has 0 aromatic heterocycles. The van der Waals surface area contributed by atoms with Gasteiger partial charge in [-0.15, -0.1) is 0 Å². The summed E-state index contributed by atoms with van der Waals surface area (Å²) in [6, 6.07) is 0. The van der Waals surface area contributed by atoms with Crippen LogP contribution in [-0.4, -0.2) is 23.7 Å². The molecule has 0 atom stereocenters. The Balaban J connectivity index is 0. The SMILES string of the molecule is C.CC(=O)OCCC(=O)O. The molecule has 4 nitrogen and oxygen atoms in total. The second-order valence-corrected chi connectivity index (χ2v) is 1.48. The molecule has 0 radical (unpaired) electrons. The van der Waals surface area contributed by atoms with E-state index in [1.807, 2.05) is 0 Å². The van der Waals surface area contributed by atoms with Gasteiger partial charge in [0.15, 0.2) is 0 Å². The monoisotopic (exact) mass is 148 g/mol. The maximum Gasteiger partial charge on any atom is 0.306 e. The molecule has 0 aromatic carbocycles. The smallest absolute Gasteiger partial charge is 0.306 e. The summed E-state index contributed by atoms with van der Waals surface area (Å²) >= 11 is 0. The molecule has 0 saturated heterocycles. The van der Waals surface area contributed by atoms with Crippen molar-refractivity contribution in [1.29, 1.82) is 0 Å². The third-order valence-electron chi connectivity index (χ3n) is 0.621. The number of rotatable bonds is 3. The maximum absolute atomic E-state index is 10.0. The number of carbonyl (C=O) groups excluding carboxylic acids is 1. The third-order valence-corrected chi connectivity index (χ3v) is 0.621. The topological polar surface area (TPSA) is 63.6 Å². The summed E-state index contributed by atoms with van der Waals surface area (Å²) in [5.41, 5.74) is 0. The van der Waals surface area contributed by atoms with Gasteiger partial charge in [-0.25, -0.2) is 0 Å². The Bertz CT molecular complexity index is 105. The fraction of sp³-hybridized carbons (Fsp3) is 0.667. The summed E-state index contributed by atoms with van der Waals surface area (Å²) in [6.45, 7) is 1.20. The van der Waals surface area contributed by atoms with Crippen LogP contribution in [0.3, 0.4) is 0 Å². The van der Waals surface area contributed by atoms with Crippen LogP contribution in [0.1, 0.15) is 20.8 Å². The van der Waals surface area contributed by atoms with E-state index in [2.05, 4.69) is 4.74 Å². The fourth-order valence-electron chi connectivity index (χ4n) is 0.282. The minimum absolute atomic E-state index is 0. The second-order valence-electron chi connectivity index (χ2n) is 1.48. The Labute approximate surface area is 59.8 Å². The highest BCUT2D eigenvalue weighted by Gasteiger charge is 1.97. The summed E-state index contributed by atoms with van der Waals surface area (Å²) in [5, 5.41) is 8.04. The summed E-state index contributed by atoms with van der Waals surface area (Å²) < 4.78 is 4.33. The van der Waals surface area contributed by atoms with Crippen molar-refractivity contribution in [3.63, 3.8) is 0 Å². The third kappa shape index (κ3) is 10.0. The number of hydrogen-bond donors (Lipinski definition) is 1. The summed E-state index contributed by atoms with van der Waals surface area (Å²) in [4.78, 5) is 19.8. The molecule has 0 rings (SSSR count). The van der Waals surface area contributed by atoms with Gasteiger partial charge in [0.05, 0.1) is 6.42 Å². The fourth-order valence-corrected chi connectivity index (χ4v) is 0.282. The van der Waals surface area contributed by atoms with Crippen LogP contribution in [0.5, 0.6) is 0 Å². The molecule has 0 aromatic rings. The molecule has 1 N–H and O–H groups in total. The van der Waals surface area contributed by atoms with Gasteiger partial charge >= 0.3 is 11.9 Å². The zero-order chi connectivity index (χ0) is 7.28. The second kappa shape index (κ2) is 6.07. The van der Waals surface area contributed by atoms with Crippen molar-refractivity contribution in [1.82, 2.24) is 0 Å². The lowest BCUT2D eigenvalue weighted by atomic mass is 10.5. The zero-order valence-electron chi connectivity index (χ0n) is 5.09. The Morgan fingerprint density at radius 2 is 2.00 bits per heavy atom. The van der Waals surface area contributed by atoms with Crippen LogP contribution in [0.25, 0.3) is 0 Å². The Morgan fingerprint density at radius 1 is 1.50 bits per heavy atom. The highest BCUT2D eigenvalue weighted by atomic mass is 16.5. The van der Waals surface area contributed by atoms with E-state index in [1.54, 1.807) is 0 Å². The van der Waals surface area contributed by atoms with Crippen LogP contribution in [0, 0.1) is 0 Å². The van der Waals surface area contributed by atoms with Crippen molar-refractivity contribution in [2.24, 2.45) is 0 Å². The van der Waals surface area contributed by atoms with E-state index in [-0.39, 0.29) is 20.5 Å². The summed E-state index contributed by atoms with van der Waals surface area (Å²) in [6.07, 6.45) is -0.125. The molecule has 0 unspecified atom stereocenters. The van der Waals surface area contributed by atoms with Crippen LogP contribution in [0.2, 0.25) is 0 Å². The molecule has 0 spiro atoms. The first-order chi connectivity index (χ1) is 4.13. The number of carboxylic acids is 1. The molecular formula is C6H12O4. The van der Waals surface area contributed by atoms with Gasteiger partial charge < -0.3 is 9.84 Å². The molecule has 4 heteroatoms. The zero-order valence-corrected chi connectivity index (χ0v) is 5.09. The van der Waals surface area contributed by atoms with Gasteiger partial charge in [0.25, 0.3) is 0 Å². The van der Waals surface area contributed by atoms with E-state index in [4.69, 9.17) is 5.11 Å².